The third-order valence-corrected chi connectivity index (χ3v) is 3.66. The summed E-state index contributed by atoms with van der Waals surface area (Å²) >= 11 is 0. The van der Waals surface area contributed by atoms with Crippen molar-refractivity contribution in [1.82, 2.24) is 0 Å². The molecule has 2 aromatic carbocycles. The second-order valence-corrected chi connectivity index (χ2v) is 5.56. The number of ether oxygens (including phenoxy) is 3. The zero-order valence-electron chi connectivity index (χ0n) is 15.4. The number of esters is 1. The quantitative estimate of drug-likeness (QED) is 0.754. The molecule has 0 unspecified atom stereocenters. The van der Waals surface area contributed by atoms with Crippen LogP contribution in [0.25, 0.3) is 0 Å². The molecule has 27 heavy (non-hydrogen) atoms. The largest absolute Gasteiger partial charge is 0.490 e. The van der Waals surface area contributed by atoms with Crippen LogP contribution in [0.3, 0.4) is 0 Å². The molecule has 7 nitrogen and oxygen atoms in total. The SMILES string of the molecule is CCOc1cc(C#N)ccc1OCC(=O)Nc1cc(C(=O)OC)ccc1C. The fourth-order valence-corrected chi connectivity index (χ4v) is 2.30. The van der Waals surface area contributed by atoms with E-state index in [-0.39, 0.29) is 6.61 Å². The van der Waals surface area contributed by atoms with Crippen LogP contribution in [0.2, 0.25) is 0 Å². The highest BCUT2D eigenvalue weighted by Gasteiger charge is 2.12. The van der Waals surface area contributed by atoms with Gasteiger partial charge in [-0.3, -0.25) is 4.79 Å². The van der Waals surface area contributed by atoms with Crippen molar-refractivity contribution < 1.29 is 23.8 Å². The zero-order valence-corrected chi connectivity index (χ0v) is 15.4. The van der Waals surface area contributed by atoms with Crippen molar-refractivity contribution in [3.8, 4) is 17.6 Å². The number of carbonyl (C=O) groups excluding carboxylic acids is 2. The van der Waals surface area contributed by atoms with Crippen molar-refractivity contribution in [2.24, 2.45) is 0 Å². The molecule has 140 valence electrons. The summed E-state index contributed by atoms with van der Waals surface area (Å²) in [6.45, 7) is 3.77. The van der Waals surface area contributed by atoms with Gasteiger partial charge in [0, 0.05) is 11.8 Å². The van der Waals surface area contributed by atoms with Crippen LogP contribution in [0.5, 0.6) is 11.5 Å². The molecule has 0 saturated carbocycles. The van der Waals surface area contributed by atoms with E-state index in [4.69, 9.17) is 14.7 Å². The first-order chi connectivity index (χ1) is 13.0. The van der Waals surface area contributed by atoms with Crippen LogP contribution < -0.4 is 14.8 Å². The summed E-state index contributed by atoms with van der Waals surface area (Å²) in [6, 6.07) is 11.6. The van der Waals surface area contributed by atoms with Crippen LogP contribution in [0, 0.1) is 18.3 Å². The van der Waals surface area contributed by atoms with Crippen LogP contribution in [-0.4, -0.2) is 32.2 Å². The maximum atomic E-state index is 12.2. The van der Waals surface area contributed by atoms with Gasteiger partial charge in [0.15, 0.2) is 18.1 Å². The van der Waals surface area contributed by atoms with E-state index in [9.17, 15) is 9.59 Å². The van der Waals surface area contributed by atoms with Gasteiger partial charge < -0.3 is 19.5 Å². The molecule has 0 heterocycles. The number of nitrogens with one attached hydrogen (secondary N) is 1. The summed E-state index contributed by atoms with van der Waals surface area (Å²) in [4.78, 5) is 23.9. The minimum atomic E-state index is -0.485. The number of nitriles is 1. The number of benzene rings is 2. The molecular weight excluding hydrogens is 348 g/mol. The Balaban J connectivity index is 2.07. The predicted octanol–water partition coefficient (Wildman–Crippen LogP) is 3.07. The Morgan fingerprint density at radius 3 is 2.56 bits per heavy atom. The minimum absolute atomic E-state index is 0.256. The van der Waals surface area contributed by atoms with E-state index >= 15 is 0 Å². The molecular formula is C20H20N2O5. The molecule has 0 aliphatic heterocycles. The highest BCUT2D eigenvalue weighted by Crippen LogP contribution is 2.28. The van der Waals surface area contributed by atoms with Crippen LogP contribution in [0.4, 0.5) is 5.69 Å². The molecule has 0 atom stereocenters. The molecule has 1 amide bonds. The van der Waals surface area contributed by atoms with Gasteiger partial charge in [-0.1, -0.05) is 6.07 Å². The van der Waals surface area contributed by atoms with E-state index in [1.807, 2.05) is 19.9 Å². The van der Waals surface area contributed by atoms with E-state index in [0.717, 1.165) is 5.56 Å². The Hall–Kier alpha value is -3.53. The molecule has 0 fully saturated rings. The summed E-state index contributed by atoms with van der Waals surface area (Å²) in [5.41, 5.74) is 2.07. The van der Waals surface area contributed by atoms with Gasteiger partial charge in [-0.25, -0.2) is 4.79 Å². The second-order valence-electron chi connectivity index (χ2n) is 5.56. The second kappa shape index (κ2) is 9.25. The highest BCUT2D eigenvalue weighted by atomic mass is 16.5. The van der Waals surface area contributed by atoms with Gasteiger partial charge >= 0.3 is 5.97 Å². The summed E-state index contributed by atoms with van der Waals surface area (Å²) in [6.07, 6.45) is 0. The lowest BCUT2D eigenvalue weighted by molar-refractivity contribution is -0.118. The van der Waals surface area contributed by atoms with E-state index in [2.05, 4.69) is 10.1 Å². The van der Waals surface area contributed by atoms with Gasteiger partial charge in [-0.2, -0.15) is 5.26 Å². The first kappa shape index (κ1) is 19.8. The molecule has 0 aliphatic rings. The number of nitrogens with zero attached hydrogens (tertiary/aromatic N) is 1. The predicted molar refractivity (Wildman–Crippen MR) is 99.0 cm³/mol. The molecule has 0 radical (unpaired) electrons. The molecule has 1 N–H and O–H groups in total. The lowest BCUT2D eigenvalue weighted by Crippen LogP contribution is -2.21. The Bertz CT molecular complexity index is 886. The molecule has 2 aromatic rings. The summed E-state index contributed by atoms with van der Waals surface area (Å²) < 4.78 is 15.7. The topological polar surface area (TPSA) is 97.6 Å². The smallest absolute Gasteiger partial charge is 0.337 e. The Morgan fingerprint density at radius 2 is 1.89 bits per heavy atom. The third-order valence-electron chi connectivity index (χ3n) is 3.66. The van der Waals surface area contributed by atoms with Gasteiger partial charge in [0.05, 0.1) is 30.9 Å². The normalized spacial score (nSPS) is 9.85. The summed E-state index contributed by atoms with van der Waals surface area (Å²) in [7, 11) is 1.29. The van der Waals surface area contributed by atoms with Gasteiger partial charge in [0.25, 0.3) is 5.91 Å². The Kier molecular flexibility index (Phi) is 6.78. The number of aryl methyl sites for hydroxylation is 1. The lowest BCUT2D eigenvalue weighted by Gasteiger charge is -2.13. The summed E-state index contributed by atoms with van der Waals surface area (Å²) in [5.74, 6) is -0.119. The van der Waals surface area contributed by atoms with Crippen LogP contribution in [-0.2, 0) is 9.53 Å². The number of carbonyl (C=O) groups is 2. The standard InChI is InChI=1S/C20H20N2O5/c1-4-26-18-9-14(11-21)6-8-17(18)27-12-19(23)22-16-10-15(20(24)25-3)7-5-13(16)2/h5-10H,4,12H2,1-3H3,(H,22,23). The molecule has 0 spiro atoms. The fraction of sp³-hybridized carbons (Fsp3) is 0.250. The number of anilines is 1. The average molecular weight is 368 g/mol. The number of amides is 1. The van der Waals surface area contributed by atoms with Gasteiger partial charge in [-0.05, 0) is 43.7 Å². The van der Waals surface area contributed by atoms with Gasteiger partial charge in [0.1, 0.15) is 0 Å². The number of methoxy groups -OCH3 is 1. The summed E-state index contributed by atoms with van der Waals surface area (Å²) in [5, 5.41) is 11.7. The lowest BCUT2D eigenvalue weighted by atomic mass is 10.1. The Labute approximate surface area is 157 Å². The van der Waals surface area contributed by atoms with E-state index in [1.54, 1.807) is 36.4 Å². The average Bonchev–Trinajstić information content (AvgIpc) is 2.68. The molecule has 0 aliphatic carbocycles. The van der Waals surface area contributed by atoms with Crippen molar-refractivity contribution in [3.05, 3.63) is 53.1 Å². The number of hydrogen-bond donors (Lipinski definition) is 1. The third kappa shape index (κ3) is 5.22. The molecule has 7 heteroatoms. The highest BCUT2D eigenvalue weighted by molar-refractivity contribution is 5.95. The number of rotatable bonds is 7. The van der Waals surface area contributed by atoms with E-state index < -0.39 is 11.9 Å². The first-order valence-corrected chi connectivity index (χ1v) is 8.27. The van der Waals surface area contributed by atoms with Crippen molar-refractivity contribution >= 4 is 17.6 Å². The maximum absolute atomic E-state index is 12.2. The van der Waals surface area contributed by atoms with E-state index in [1.165, 1.54) is 7.11 Å². The first-order valence-electron chi connectivity index (χ1n) is 8.27. The van der Waals surface area contributed by atoms with Gasteiger partial charge in [-0.15, -0.1) is 0 Å². The minimum Gasteiger partial charge on any atom is -0.490 e. The van der Waals surface area contributed by atoms with Crippen molar-refractivity contribution in [3.63, 3.8) is 0 Å². The van der Waals surface area contributed by atoms with Crippen LogP contribution in [0.1, 0.15) is 28.4 Å². The Morgan fingerprint density at radius 1 is 1.11 bits per heavy atom. The maximum Gasteiger partial charge on any atom is 0.337 e. The van der Waals surface area contributed by atoms with E-state index in [0.29, 0.717) is 34.9 Å². The molecule has 0 aromatic heterocycles. The van der Waals surface area contributed by atoms with Crippen molar-refractivity contribution in [2.45, 2.75) is 13.8 Å². The molecule has 0 saturated heterocycles. The van der Waals surface area contributed by atoms with Gasteiger partial charge in [0.2, 0.25) is 0 Å². The van der Waals surface area contributed by atoms with Crippen molar-refractivity contribution in [2.75, 3.05) is 25.6 Å². The number of hydrogen-bond acceptors (Lipinski definition) is 6. The van der Waals surface area contributed by atoms with Crippen molar-refractivity contribution in [1.29, 1.82) is 5.26 Å². The fourth-order valence-electron chi connectivity index (χ4n) is 2.30. The molecule has 2 rings (SSSR count). The van der Waals surface area contributed by atoms with Crippen LogP contribution in [0.15, 0.2) is 36.4 Å². The van der Waals surface area contributed by atoms with Crippen LogP contribution >= 0.6 is 0 Å². The monoisotopic (exact) mass is 368 g/mol. The zero-order chi connectivity index (χ0) is 19.8. The molecule has 0 bridgehead atoms.